The SMILES string of the molecule is Cn1ccc(-c2ccc(C[C@H](N)C(=O)O)cc2)n1. The fourth-order valence-corrected chi connectivity index (χ4v) is 1.72. The first-order valence-electron chi connectivity index (χ1n) is 5.63. The first-order chi connectivity index (χ1) is 8.56. The van der Waals surface area contributed by atoms with Crippen LogP contribution in [0.2, 0.25) is 0 Å². The number of hydrogen-bond acceptors (Lipinski definition) is 3. The second kappa shape index (κ2) is 5.01. The molecule has 2 rings (SSSR count). The van der Waals surface area contributed by atoms with Crippen LogP contribution in [-0.4, -0.2) is 26.9 Å². The number of carboxylic acid groups (broad SMARTS) is 1. The number of aromatic nitrogens is 2. The molecule has 0 amide bonds. The monoisotopic (exact) mass is 245 g/mol. The molecular formula is C13H15N3O2. The third-order valence-electron chi connectivity index (χ3n) is 2.74. The third-order valence-corrected chi connectivity index (χ3v) is 2.74. The van der Waals surface area contributed by atoms with Gasteiger partial charge < -0.3 is 10.8 Å². The molecule has 0 spiro atoms. The van der Waals surface area contributed by atoms with Crippen molar-refractivity contribution in [1.29, 1.82) is 0 Å². The molecule has 0 saturated carbocycles. The molecule has 0 aliphatic carbocycles. The molecule has 3 N–H and O–H groups in total. The lowest BCUT2D eigenvalue weighted by Gasteiger charge is -2.06. The van der Waals surface area contributed by atoms with Crippen molar-refractivity contribution >= 4 is 5.97 Å². The molecule has 0 aliphatic rings. The van der Waals surface area contributed by atoms with E-state index < -0.39 is 12.0 Å². The van der Waals surface area contributed by atoms with Crippen LogP contribution in [-0.2, 0) is 18.3 Å². The van der Waals surface area contributed by atoms with Crippen molar-refractivity contribution in [2.75, 3.05) is 0 Å². The number of nitrogens with zero attached hydrogens (tertiary/aromatic N) is 2. The van der Waals surface area contributed by atoms with Crippen molar-refractivity contribution in [2.45, 2.75) is 12.5 Å². The van der Waals surface area contributed by atoms with E-state index in [0.717, 1.165) is 16.8 Å². The molecule has 18 heavy (non-hydrogen) atoms. The second-order valence-electron chi connectivity index (χ2n) is 4.22. The highest BCUT2D eigenvalue weighted by Crippen LogP contribution is 2.17. The number of aryl methyl sites for hydroxylation is 1. The Morgan fingerprint density at radius 2 is 2.06 bits per heavy atom. The molecule has 0 aliphatic heterocycles. The predicted molar refractivity (Wildman–Crippen MR) is 68.0 cm³/mol. The predicted octanol–water partition coefficient (Wildman–Crippen LogP) is 1.04. The van der Waals surface area contributed by atoms with Gasteiger partial charge in [0, 0.05) is 18.8 Å². The zero-order chi connectivity index (χ0) is 13.1. The summed E-state index contributed by atoms with van der Waals surface area (Å²) in [6.45, 7) is 0. The molecule has 5 nitrogen and oxygen atoms in total. The number of carboxylic acids is 1. The van der Waals surface area contributed by atoms with Crippen molar-refractivity contribution in [2.24, 2.45) is 12.8 Å². The van der Waals surface area contributed by atoms with Crippen molar-refractivity contribution in [3.63, 3.8) is 0 Å². The minimum absolute atomic E-state index is 0.331. The molecule has 5 heteroatoms. The van der Waals surface area contributed by atoms with Crippen LogP contribution in [0.4, 0.5) is 0 Å². The van der Waals surface area contributed by atoms with Gasteiger partial charge in [-0.15, -0.1) is 0 Å². The summed E-state index contributed by atoms with van der Waals surface area (Å²) in [4.78, 5) is 10.7. The zero-order valence-electron chi connectivity index (χ0n) is 10.1. The summed E-state index contributed by atoms with van der Waals surface area (Å²) in [6, 6.07) is 8.68. The Balaban J connectivity index is 2.13. The van der Waals surface area contributed by atoms with Crippen molar-refractivity contribution in [1.82, 2.24) is 9.78 Å². The lowest BCUT2D eigenvalue weighted by atomic mass is 10.0. The lowest BCUT2D eigenvalue weighted by molar-refractivity contribution is -0.138. The summed E-state index contributed by atoms with van der Waals surface area (Å²) < 4.78 is 1.74. The van der Waals surface area contributed by atoms with Gasteiger partial charge in [-0.25, -0.2) is 0 Å². The van der Waals surface area contributed by atoms with Gasteiger partial charge in [-0.3, -0.25) is 9.48 Å². The maximum Gasteiger partial charge on any atom is 0.320 e. The van der Waals surface area contributed by atoms with Gasteiger partial charge in [0.05, 0.1) is 5.69 Å². The maximum atomic E-state index is 10.7. The third kappa shape index (κ3) is 2.75. The van der Waals surface area contributed by atoms with E-state index in [1.54, 1.807) is 4.68 Å². The van der Waals surface area contributed by atoms with Crippen molar-refractivity contribution < 1.29 is 9.90 Å². The number of carbonyl (C=O) groups is 1. The number of hydrogen-bond donors (Lipinski definition) is 2. The zero-order valence-corrected chi connectivity index (χ0v) is 10.1. The lowest BCUT2D eigenvalue weighted by Crippen LogP contribution is -2.32. The van der Waals surface area contributed by atoms with E-state index in [1.165, 1.54) is 0 Å². The van der Waals surface area contributed by atoms with E-state index in [4.69, 9.17) is 10.8 Å². The molecule has 0 radical (unpaired) electrons. The van der Waals surface area contributed by atoms with Gasteiger partial charge in [0.1, 0.15) is 6.04 Å². The van der Waals surface area contributed by atoms with Crippen LogP contribution in [0.3, 0.4) is 0 Å². The highest BCUT2D eigenvalue weighted by molar-refractivity contribution is 5.73. The van der Waals surface area contributed by atoms with Crippen LogP contribution in [0, 0.1) is 0 Å². The van der Waals surface area contributed by atoms with Gasteiger partial charge in [-0.05, 0) is 18.1 Å². The summed E-state index contributed by atoms with van der Waals surface area (Å²) >= 11 is 0. The summed E-state index contributed by atoms with van der Waals surface area (Å²) in [5, 5.41) is 13.0. The van der Waals surface area contributed by atoms with Gasteiger partial charge in [0.2, 0.25) is 0 Å². The van der Waals surface area contributed by atoms with Crippen LogP contribution in [0.25, 0.3) is 11.3 Å². The number of benzene rings is 1. The van der Waals surface area contributed by atoms with E-state index in [2.05, 4.69) is 5.10 Å². The van der Waals surface area contributed by atoms with Crippen LogP contribution in [0.15, 0.2) is 36.5 Å². The van der Waals surface area contributed by atoms with Crippen LogP contribution >= 0.6 is 0 Å². The van der Waals surface area contributed by atoms with Crippen LogP contribution in [0.5, 0.6) is 0 Å². The highest BCUT2D eigenvalue weighted by Gasteiger charge is 2.12. The average Bonchev–Trinajstić information content (AvgIpc) is 2.76. The molecule has 0 saturated heterocycles. The normalized spacial score (nSPS) is 12.3. The molecule has 1 aromatic heterocycles. The molecular weight excluding hydrogens is 230 g/mol. The Morgan fingerprint density at radius 1 is 1.39 bits per heavy atom. The summed E-state index contributed by atoms with van der Waals surface area (Å²) in [7, 11) is 1.86. The molecule has 0 fully saturated rings. The number of aliphatic carboxylic acids is 1. The molecule has 0 unspecified atom stereocenters. The molecule has 2 aromatic rings. The summed E-state index contributed by atoms with van der Waals surface area (Å²) in [5.74, 6) is -0.983. The van der Waals surface area contributed by atoms with E-state index in [-0.39, 0.29) is 0 Å². The standard InChI is InChI=1S/C13H15N3O2/c1-16-7-6-12(15-16)10-4-2-9(3-5-10)8-11(14)13(17)18/h2-7,11H,8,14H2,1H3,(H,17,18)/t11-/m0/s1. The Labute approximate surface area is 105 Å². The average molecular weight is 245 g/mol. The van der Waals surface area contributed by atoms with Gasteiger partial charge in [0.15, 0.2) is 0 Å². The largest absolute Gasteiger partial charge is 0.480 e. The van der Waals surface area contributed by atoms with E-state index in [1.807, 2.05) is 43.6 Å². The molecule has 94 valence electrons. The van der Waals surface area contributed by atoms with E-state index in [9.17, 15) is 4.79 Å². The minimum atomic E-state index is -0.983. The van der Waals surface area contributed by atoms with Crippen LogP contribution in [0.1, 0.15) is 5.56 Å². The Morgan fingerprint density at radius 3 is 2.56 bits per heavy atom. The van der Waals surface area contributed by atoms with Crippen molar-refractivity contribution in [3.05, 3.63) is 42.1 Å². The second-order valence-corrected chi connectivity index (χ2v) is 4.22. The van der Waals surface area contributed by atoms with Gasteiger partial charge >= 0.3 is 5.97 Å². The summed E-state index contributed by atoms with van der Waals surface area (Å²) in [5.41, 5.74) is 8.29. The Hall–Kier alpha value is -2.14. The summed E-state index contributed by atoms with van der Waals surface area (Å²) in [6.07, 6.45) is 2.21. The van der Waals surface area contributed by atoms with Crippen molar-refractivity contribution in [3.8, 4) is 11.3 Å². The van der Waals surface area contributed by atoms with Gasteiger partial charge in [0.25, 0.3) is 0 Å². The quantitative estimate of drug-likeness (QED) is 0.843. The fourth-order valence-electron chi connectivity index (χ4n) is 1.72. The first-order valence-corrected chi connectivity index (χ1v) is 5.63. The first kappa shape index (κ1) is 12.3. The van der Waals surface area contributed by atoms with Gasteiger partial charge in [-0.1, -0.05) is 24.3 Å². The highest BCUT2D eigenvalue weighted by atomic mass is 16.4. The molecule has 1 heterocycles. The molecule has 1 aromatic carbocycles. The Kier molecular flexibility index (Phi) is 3.43. The topological polar surface area (TPSA) is 81.1 Å². The molecule has 1 atom stereocenters. The number of nitrogens with two attached hydrogens (primary N) is 1. The van der Waals surface area contributed by atoms with Gasteiger partial charge in [-0.2, -0.15) is 5.10 Å². The minimum Gasteiger partial charge on any atom is -0.480 e. The van der Waals surface area contributed by atoms with E-state index >= 15 is 0 Å². The Bertz CT molecular complexity index is 546. The maximum absolute atomic E-state index is 10.7. The smallest absolute Gasteiger partial charge is 0.320 e. The van der Waals surface area contributed by atoms with E-state index in [0.29, 0.717) is 6.42 Å². The molecule has 0 bridgehead atoms. The fraction of sp³-hybridized carbons (Fsp3) is 0.231. The number of rotatable bonds is 4. The van der Waals surface area contributed by atoms with Crippen LogP contribution < -0.4 is 5.73 Å².